The van der Waals surface area contributed by atoms with Crippen LogP contribution in [0.5, 0.6) is 0 Å². The summed E-state index contributed by atoms with van der Waals surface area (Å²) in [5.41, 5.74) is 3.82. The van der Waals surface area contributed by atoms with Crippen LogP contribution in [0.4, 0.5) is 0 Å². The van der Waals surface area contributed by atoms with Crippen molar-refractivity contribution in [1.29, 1.82) is 0 Å². The fourth-order valence-corrected chi connectivity index (χ4v) is 2.84. The lowest BCUT2D eigenvalue weighted by molar-refractivity contribution is 0.443. The predicted molar refractivity (Wildman–Crippen MR) is 86.6 cm³/mol. The maximum Gasteiger partial charge on any atom is 0.0894 e. The van der Waals surface area contributed by atoms with E-state index in [9.17, 15) is 0 Å². The monoisotopic (exact) mass is 279 g/mol. The Bertz CT molecular complexity index is 613. The lowest BCUT2D eigenvalue weighted by atomic mass is 9.96. The molecule has 3 rings (SSSR count). The van der Waals surface area contributed by atoms with E-state index in [2.05, 4.69) is 11.9 Å². The average Bonchev–Trinajstić information content (AvgIpc) is 2.57. The highest BCUT2D eigenvalue weighted by atomic mass is 14.8. The van der Waals surface area contributed by atoms with E-state index in [1.807, 2.05) is 36.4 Å². The van der Waals surface area contributed by atoms with Gasteiger partial charge in [-0.1, -0.05) is 31.4 Å². The van der Waals surface area contributed by atoms with Gasteiger partial charge in [0.05, 0.1) is 28.8 Å². The molecule has 2 heterocycles. The summed E-state index contributed by atoms with van der Waals surface area (Å²) in [6.07, 6.45) is 8.21. The molecule has 0 N–H and O–H groups in total. The Kier molecular flexibility index (Phi) is 4.39. The van der Waals surface area contributed by atoms with E-state index >= 15 is 0 Å². The summed E-state index contributed by atoms with van der Waals surface area (Å²) in [5, 5.41) is 0. The molecule has 0 aromatic carbocycles. The van der Waals surface area contributed by atoms with Crippen molar-refractivity contribution in [2.45, 2.75) is 45.1 Å². The van der Waals surface area contributed by atoms with Crippen LogP contribution in [0.3, 0.4) is 0 Å². The summed E-state index contributed by atoms with van der Waals surface area (Å²) in [5.74, 6) is 0. The number of nitrogens with zero attached hydrogens (tertiary/aromatic N) is 3. The van der Waals surface area contributed by atoms with Gasteiger partial charge >= 0.3 is 0 Å². The number of hydrogen-bond acceptors (Lipinski definition) is 3. The second-order valence-electron chi connectivity index (χ2n) is 5.63. The molecule has 1 aliphatic carbocycles. The van der Waals surface area contributed by atoms with Crippen LogP contribution in [-0.2, 0) is 0 Å². The molecule has 0 bridgehead atoms. The van der Waals surface area contributed by atoms with Gasteiger partial charge in [-0.2, -0.15) is 0 Å². The van der Waals surface area contributed by atoms with Gasteiger partial charge < -0.3 is 0 Å². The predicted octanol–water partition coefficient (Wildman–Crippen LogP) is 4.29. The first-order chi connectivity index (χ1) is 10.3. The fraction of sp³-hybridized carbons (Fsp3) is 0.389. The molecule has 1 saturated carbocycles. The molecule has 0 radical (unpaired) electrons. The average molecular weight is 279 g/mol. The Balaban J connectivity index is 1.83. The summed E-state index contributed by atoms with van der Waals surface area (Å²) >= 11 is 0. The molecular formula is C18H21N3. The minimum Gasteiger partial charge on any atom is -0.284 e. The van der Waals surface area contributed by atoms with Crippen molar-refractivity contribution >= 4 is 5.71 Å². The maximum atomic E-state index is 4.87. The molecular weight excluding hydrogens is 258 g/mol. The number of pyridine rings is 2. The molecule has 108 valence electrons. The van der Waals surface area contributed by atoms with Crippen molar-refractivity contribution in [2.75, 3.05) is 0 Å². The van der Waals surface area contributed by atoms with E-state index in [0.717, 1.165) is 22.8 Å². The van der Waals surface area contributed by atoms with E-state index in [1.54, 1.807) is 6.20 Å². The summed E-state index contributed by atoms with van der Waals surface area (Å²) in [6, 6.07) is 12.4. The van der Waals surface area contributed by atoms with Crippen molar-refractivity contribution in [2.24, 2.45) is 4.99 Å². The van der Waals surface area contributed by atoms with Crippen molar-refractivity contribution in [3.63, 3.8) is 0 Å². The zero-order valence-corrected chi connectivity index (χ0v) is 12.5. The number of hydrogen-bond donors (Lipinski definition) is 0. The molecule has 0 atom stereocenters. The minimum absolute atomic E-state index is 0.485. The largest absolute Gasteiger partial charge is 0.284 e. The first-order valence-electron chi connectivity index (χ1n) is 7.76. The number of rotatable bonds is 3. The second kappa shape index (κ2) is 6.61. The summed E-state index contributed by atoms with van der Waals surface area (Å²) in [4.78, 5) is 14.0. The van der Waals surface area contributed by atoms with Crippen LogP contribution in [0.15, 0.2) is 47.6 Å². The highest BCUT2D eigenvalue weighted by molar-refractivity contribution is 5.97. The van der Waals surface area contributed by atoms with Gasteiger partial charge in [0.25, 0.3) is 0 Å². The Morgan fingerprint density at radius 1 is 1.00 bits per heavy atom. The van der Waals surface area contributed by atoms with Crippen molar-refractivity contribution in [1.82, 2.24) is 9.97 Å². The van der Waals surface area contributed by atoms with Crippen molar-refractivity contribution < 1.29 is 0 Å². The van der Waals surface area contributed by atoms with Gasteiger partial charge in [0, 0.05) is 6.20 Å². The zero-order chi connectivity index (χ0) is 14.5. The highest BCUT2D eigenvalue weighted by Gasteiger charge is 2.13. The molecule has 2 aromatic heterocycles. The molecule has 1 aliphatic rings. The summed E-state index contributed by atoms with van der Waals surface area (Å²) in [6.45, 7) is 2.07. The Hall–Kier alpha value is -2.03. The van der Waals surface area contributed by atoms with Crippen LogP contribution >= 0.6 is 0 Å². The molecule has 21 heavy (non-hydrogen) atoms. The Labute approximate surface area is 126 Å². The van der Waals surface area contributed by atoms with Gasteiger partial charge in [-0.25, -0.2) is 4.98 Å². The lowest BCUT2D eigenvalue weighted by Gasteiger charge is -2.18. The van der Waals surface area contributed by atoms with Gasteiger partial charge in [0.15, 0.2) is 0 Å². The quantitative estimate of drug-likeness (QED) is 0.786. The smallest absolute Gasteiger partial charge is 0.0894 e. The van der Waals surface area contributed by atoms with E-state index < -0.39 is 0 Å². The third-order valence-electron chi connectivity index (χ3n) is 4.00. The standard InChI is InChI=1S/C18H21N3/c1-14(20-15-8-3-2-4-9-15)16-11-7-12-18(21-16)17-10-5-6-13-19-17/h5-7,10-13,15H,2-4,8-9H2,1H3. The first-order valence-corrected chi connectivity index (χ1v) is 7.76. The number of aliphatic imine (C=N–C) groups is 1. The van der Waals surface area contributed by atoms with Crippen molar-refractivity contribution in [3.05, 3.63) is 48.3 Å². The molecule has 0 spiro atoms. The van der Waals surface area contributed by atoms with Crippen LogP contribution in [0.1, 0.15) is 44.7 Å². The Morgan fingerprint density at radius 3 is 2.57 bits per heavy atom. The molecule has 2 aromatic rings. The van der Waals surface area contributed by atoms with E-state index in [0.29, 0.717) is 6.04 Å². The number of aromatic nitrogens is 2. The minimum atomic E-state index is 0.485. The normalized spacial score (nSPS) is 16.9. The van der Waals surface area contributed by atoms with Gasteiger partial charge in [0.1, 0.15) is 0 Å². The molecule has 0 saturated heterocycles. The topological polar surface area (TPSA) is 38.1 Å². The molecule has 0 amide bonds. The van der Waals surface area contributed by atoms with Crippen LogP contribution in [0.2, 0.25) is 0 Å². The zero-order valence-electron chi connectivity index (χ0n) is 12.5. The van der Waals surface area contributed by atoms with Crippen molar-refractivity contribution in [3.8, 4) is 11.4 Å². The lowest BCUT2D eigenvalue weighted by Crippen LogP contribution is -2.13. The third-order valence-corrected chi connectivity index (χ3v) is 4.00. The fourth-order valence-electron chi connectivity index (χ4n) is 2.84. The van der Waals surface area contributed by atoms with Gasteiger partial charge in [-0.15, -0.1) is 0 Å². The molecule has 0 unspecified atom stereocenters. The molecule has 1 fully saturated rings. The SMILES string of the molecule is CC(=NC1CCCCC1)c1cccc(-c2ccccn2)n1. The van der Waals surface area contributed by atoms with Crippen LogP contribution in [0, 0.1) is 0 Å². The van der Waals surface area contributed by atoms with E-state index in [1.165, 1.54) is 32.1 Å². The van der Waals surface area contributed by atoms with Gasteiger partial charge in [-0.3, -0.25) is 9.98 Å². The summed E-state index contributed by atoms with van der Waals surface area (Å²) < 4.78 is 0. The Morgan fingerprint density at radius 2 is 1.81 bits per heavy atom. The van der Waals surface area contributed by atoms with Crippen LogP contribution < -0.4 is 0 Å². The third kappa shape index (κ3) is 3.54. The highest BCUT2D eigenvalue weighted by Crippen LogP contribution is 2.21. The summed E-state index contributed by atoms with van der Waals surface area (Å²) in [7, 11) is 0. The van der Waals surface area contributed by atoms with E-state index in [-0.39, 0.29) is 0 Å². The molecule has 3 heteroatoms. The molecule has 0 aliphatic heterocycles. The second-order valence-corrected chi connectivity index (χ2v) is 5.63. The van der Waals surface area contributed by atoms with Crippen LogP contribution in [-0.4, -0.2) is 21.7 Å². The first kappa shape index (κ1) is 13.9. The van der Waals surface area contributed by atoms with E-state index in [4.69, 9.17) is 9.98 Å². The maximum absolute atomic E-state index is 4.87. The van der Waals surface area contributed by atoms with Gasteiger partial charge in [0.2, 0.25) is 0 Å². The van der Waals surface area contributed by atoms with Crippen LogP contribution in [0.25, 0.3) is 11.4 Å². The molecule has 3 nitrogen and oxygen atoms in total. The van der Waals surface area contributed by atoms with Gasteiger partial charge in [-0.05, 0) is 44.0 Å².